The van der Waals surface area contributed by atoms with Gasteiger partial charge in [-0.2, -0.15) is 0 Å². The summed E-state index contributed by atoms with van der Waals surface area (Å²) in [5.74, 6) is -0.775. The highest BCUT2D eigenvalue weighted by Gasteiger charge is 2.25. The minimum absolute atomic E-state index is 0.0910. The topological polar surface area (TPSA) is 72.2 Å². The number of aromatic nitrogens is 2. The van der Waals surface area contributed by atoms with Crippen LogP contribution >= 0.6 is 0 Å². The molecule has 35 heavy (non-hydrogen) atoms. The summed E-state index contributed by atoms with van der Waals surface area (Å²) in [6.45, 7) is 1.87. The van der Waals surface area contributed by atoms with E-state index in [0.29, 0.717) is 34.9 Å². The number of benzene rings is 2. The van der Waals surface area contributed by atoms with Crippen molar-refractivity contribution in [2.75, 3.05) is 0 Å². The van der Waals surface area contributed by atoms with E-state index in [9.17, 15) is 22.3 Å². The lowest BCUT2D eigenvalue weighted by atomic mass is 9.83. The summed E-state index contributed by atoms with van der Waals surface area (Å²) < 4.78 is 56.9. The first-order chi connectivity index (χ1) is 16.7. The Morgan fingerprint density at radius 3 is 2.60 bits per heavy atom. The Morgan fingerprint density at radius 2 is 1.86 bits per heavy atom. The summed E-state index contributed by atoms with van der Waals surface area (Å²) in [6.07, 6.45) is 5.75. The Balaban J connectivity index is 1.61. The van der Waals surface area contributed by atoms with Crippen molar-refractivity contribution in [2.24, 2.45) is 5.92 Å². The third-order valence-electron chi connectivity index (χ3n) is 6.78. The Bertz CT molecular complexity index is 1500. The predicted molar refractivity (Wildman–Crippen MR) is 131 cm³/mol. The fourth-order valence-electron chi connectivity index (χ4n) is 4.95. The SMILES string of the molecule is Cc1ccc(S(=O)(=O)n2cc(-c3ccc(F)c(C[C@H]4CCC[C@@H](O)C4)c3)c3cc(F)cnc32)cc1. The third kappa shape index (κ3) is 4.60. The van der Waals surface area contributed by atoms with Crippen LogP contribution in [-0.4, -0.2) is 28.6 Å². The third-order valence-corrected chi connectivity index (χ3v) is 8.44. The van der Waals surface area contributed by atoms with E-state index in [1.807, 2.05) is 6.92 Å². The fraction of sp³-hybridized carbons (Fsp3) is 0.296. The van der Waals surface area contributed by atoms with Gasteiger partial charge in [-0.25, -0.2) is 26.2 Å². The van der Waals surface area contributed by atoms with E-state index in [4.69, 9.17) is 0 Å². The summed E-state index contributed by atoms with van der Waals surface area (Å²) in [7, 11) is -4.00. The Morgan fingerprint density at radius 1 is 1.09 bits per heavy atom. The van der Waals surface area contributed by atoms with Crippen molar-refractivity contribution in [1.82, 2.24) is 8.96 Å². The van der Waals surface area contributed by atoms with E-state index in [1.54, 1.807) is 24.3 Å². The van der Waals surface area contributed by atoms with Crippen molar-refractivity contribution in [3.05, 3.63) is 83.7 Å². The van der Waals surface area contributed by atoms with Gasteiger partial charge >= 0.3 is 0 Å². The lowest BCUT2D eigenvalue weighted by Gasteiger charge is -2.26. The molecule has 4 aromatic rings. The number of halogens is 2. The molecule has 5 nitrogen and oxygen atoms in total. The summed E-state index contributed by atoms with van der Waals surface area (Å²) in [6, 6.07) is 12.3. The zero-order valence-electron chi connectivity index (χ0n) is 19.3. The molecule has 1 saturated carbocycles. The minimum atomic E-state index is -4.00. The van der Waals surface area contributed by atoms with Crippen LogP contribution in [0.25, 0.3) is 22.2 Å². The maximum Gasteiger partial charge on any atom is 0.269 e. The predicted octanol–water partition coefficient (Wildman–Crippen LogP) is 5.62. The number of fused-ring (bicyclic) bond motifs is 1. The quantitative estimate of drug-likeness (QED) is 0.389. The molecule has 1 fully saturated rings. The van der Waals surface area contributed by atoms with Gasteiger partial charge in [0.15, 0.2) is 5.65 Å². The Kier molecular flexibility index (Phi) is 6.19. The van der Waals surface area contributed by atoms with Crippen LogP contribution in [0.4, 0.5) is 8.78 Å². The van der Waals surface area contributed by atoms with Crippen LogP contribution in [-0.2, 0) is 16.4 Å². The van der Waals surface area contributed by atoms with E-state index >= 15 is 0 Å². The van der Waals surface area contributed by atoms with Crippen molar-refractivity contribution in [3.8, 4) is 11.1 Å². The van der Waals surface area contributed by atoms with E-state index in [1.165, 1.54) is 30.5 Å². The van der Waals surface area contributed by atoms with Crippen LogP contribution in [0.2, 0.25) is 0 Å². The molecule has 0 radical (unpaired) electrons. The molecule has 1 aliphatic rings. The molecule has 0 aliphatic heterocycles. The number of rotatable bonds is 5. The standard InChI is InChI=1S/C27H26F2N2O3S/c1-17-5-8-23(9-6-17)35(33,34)31-16-25(24-14-21(28)15-30-27(24)31)19-7-10-26(29)20(13-19)11-18-3-2-4-22(32)12-18/h5-10,13-16,18,22,32H,2-4,11-12H2,1H3/t18-,22-/m1/s1. The van der Waals surface area contributed by atoms with E-state index in [2.05, 4.69) is 4.98 Å². The molecule has 2 aromatic carbocycles. The molecular formula is C27H26F2N2O3S. The van der Waals surface area contributed by atoms with E-state index in [0.717, 1.165) is 35.0 Å². The van der Waals surface area contributed by atoms with Gasteiger partial charge in [0, 0.05) is 17.1 Å². The van der Waals surface area contributed by atoms with Crippen LogP contribution < -0.4 is 0 Å². The number of aliphatic hydroxyl groups is 1. The molecule has 0 spiro atoms. The highest BCUT2D eigenvalue weighted by molar-refractivity contribution is 7.90. The van der Waals surface area contributed by atoms with Gasteiger partial charge in [0.1, 0.15) is 11.6 Å². The van der Waals surface area contributed by atoms with Gasteiger partial charge < -0.3 is 5.11 Å². The average Bonchev–Trinajstić information content (AvgIpc) is 3.20. The number of nitrogens with zero attached hydrogens (tertiary/aromatic N) is 2. The maximum absolute atomic E-state index is 14.7. The number of hydrogen-bond donors (Lipinski definition) is 1. The van der Waals surface area contributed by atoms with Crippen molar-refractivity contribution in [2.45, 2.75) is 50.0 Å². The van der Waals surface area contributed by atoms with Crippen LogP contribution in [0.1, 0.15) is 36.8 Å². The van der Waals surface area contributed by atoms with Crippen LogP contribution in [0, 0.1) is 24.5 Å². The second-order valence-corrected chi connectivity index (χ2v) is 11.2. The normalized spacial score (nSPS) is 18.7. The summed E-state index contributed by atoms with van der Waals surface area (Å²) in [5, 5.41) is 10.3. The Labute approximate surface area is 203 Å². The average molecular weight is 497 g/mol. The van der Waals surface area contributed by atoms with Gasteiger partial charge in [-0.1, -0.05) is 30.2 Å². The number of aliphatic hydroxyl groups excluding tert-OH is 1. The molecule has 1 N–H and O–H groups in total. The first-order valence-corrected chi connectivity index (χ1v) is 13.1. The van der Waals surface area contributed by atoms with Gasteiger partial charge in [0.2, 0.25) is 0 Å². The van der Waals surface area contributed by atoms with E-state index in [-0.39, 0.29) is 28.4 Å². The second kappa shape index (κ2) is 9.17. The maximum atomic E-state index is 14.7. The number of hydrogen-bond acceptors (Lipinski definition) is 4. The minimum Gasteiger partial charge on any atom is -0.393 e. The Hall–Kier alpha value is -3.10. The monoisotopic (exact) mass is 496 g/mol. The molecule has 0 bridgehead atoms. The molecule has 0 saturated heterocycles. The zero-order valence-corrected chi connectivity index (χ0v) is 20.1. The molecule has 0 amide bonds. The van der Waals surface area contributed by atoms with Crippen LogP contribution in [0.3, 0.4) is 0 Å². The number of pyridine rings is 1. The molecule has 8 heteroatoms. The van der Waals surface area contributed by atoms with Gasteiger partial charge in [0.05, 0.1) is 17.2 Å². The molecule has 2 aromatic heterocycles. The first kappa shape index (κ1) is 23.6. The highest BCUT2D eigenvalue weighted by Crippen LogP contribution is 2.35. The summed E-state index contributed by atoms with van der Waals surface area (Å²) in [5.41, 5.74) is 2.55. The van der Waals surface area contributed by atoms with Crippen molar-refractivity contribution >= 4 is 21.1 Å². The molecule has 182 valence electrons. The fourth-order valence-corrected chi connectivity index (χ4v) is 6.27. The zero-order chi connectivity index (χ0) is 24.7. The van der Waals surface area contributed by atoms with Crippen LogP contribution in [0.15, 0.2) is 65.8 Å². The van der Waals surface area contributed by atoms with Gasteiger partial charge in [-0.3, -0.25) is 0 Å². The van der Waals surface area contributed by atoms with E-state index < -0.39 is 15.8 Å². The lowest BCUT2D eigenvalue weighted by Crippen LogP contribution is -2.21. The lowest BCUT2D eigenvalue weighted by molar-refractivity contribution is 0.101. The molecule has 0 unspecified atom stereocenters. The molecule has 1 aliphatic carbocycles. The molecule has 5 rings (SSSR count). The van der Waals surface area contributed by atoms with Crippen LogP contribution in [0.5, 0.6) is 0 Å². The number of aryl methyl sites for hydroxylation is 1. The summed E-state index contributed by atoms with van der Waals surface area (Å²) >= 11 is 0. The summed E-state index contributed by atoms with van der Waals surface area (Å²) in [4.78, 5) is 4.18. The van der Waals surface area contributed by atoms with Gasteiger partial charge in [0.25, 0.3) is 10.0 Å². The van der Waals surface area contributed by atoms with Crippen molar-refractivity contribution in [1.29, 1.82) is 0 Å². The van der Waals surface area contributed by atoms with Crippen molar-refractivity contribution < 1.29 is 22.3 Å². The first-order valence-electron chi connectivity index (χ1n) is 11.7. The second-order valence-electron chi connectivity index (χ2n) is 9.38. The van der Waals surface area contributed by atoms with Crippen molar-refractivity contribution in [3.63, 3.8) is 0 Å². The van der Waals surface area contributed by atoms with Gasteiger partial charge in [-0.15, -0.1) is 0 Å². The highest BCUT2D eigenvalue weighted by atomic mass is 32.2. The van der Waals surface area contributed by atoms with Gasteiger partial charge in [-0.05, 0) is 80.0 Å². The molecular weight excluding hydrogens is 470 g/mol. The molecule has 2 heterocycles. The smallest absolute Gasteiger partial charge is 0.269 e. The largest absolute Gasteiger partial charge is 0.393 e. The molecule has 2 atom stereocenters.